The van der Waals surface area contributed by atoms with Crippen LogP contribution < -0.4 is 5.32 Å². The zero-order valence-corrected chi connectivity index (χ0v) is 15.2. The molecule has 1 saturated heterocycles. The number of benzene rings is 1. The molecule has 3 rings (SSSR count). The number of carbonyl (C=O) groups is 3. The highest BCUT2D eigenvalue weighted by Crippen LogP contribution is 2.31. The Hall–Kier alpha value is -2.93. The van der Waals surface area contributed by atoms with Crippen LogP contribution in [0.4, 0.5) is 10.5 Å². The van der Waals surface area contributed by atoms with E-state index in [4.69, 9.17) is 0 Å². The van der Waals surface area contributed by atoms with Gasteiger partial charge in [0.15, 0.2) is 0 Å². The van der Waals surface area contributed by atoms with Crippen molar-refractivity contribution >= 4 is 40.6 Å². The van der Waals surface area contributed by atoms with E-state index in [1.165, 1.54) is 0 Å². The van der Waals surface area contributed by atoms with Gasteiger partial charge in [-0.25, -0.2) is 0 Å². The first kappa shape index (κ1) is 17.9. The van der Waals surface area contributed by atoms with E-state index in [9.17, 15) is 14.4 Å². The maximum absolute atomic E-state index is 12.4. The molecule has 26 heavy (non-hydrogen) atoms. The van der Waals surface area contributed by atoms with Crippen LogP contribution >= 0.6 is 11.8 Å². The predicted molar refractivity (Wildman–Crippen MR) is 101 cm³/mol. The van der Waals surface area contributed by atoms with Gasteiger partial charge in [-0.2, -0.15) is 0 Å². The lowest BCUT2D eigenvalue weighted by molar-refractivity contribution is -0.127. The summed E-state index contributed by atoms with van der Waals surface area (Å²) in [6.07, 6.45) is 3.15. The lowest BCUT2D eigenvalue weighted by atomic mass is 10.1. The Labute approximate surface area is 155 Å². The molecule has 6 nitrogen and oxygen atoms in total. The number of aromatic nitrogens is 1. The third-order valence-corrected chi connectivity index (χ3v) is 4.55. The monoisotopic (exact) mass is 367 g/mol. The number of rotatable bonds is 4. The molecule has 0 bridgehead atoms. The van der Waals surface area contributed by atoms with Crippen LogP contribution in [0.2, 0.25) is 0 Å². The first-order valence-electron chi connectivity index (χ1n) is 7.97. The number of thioether (sulfide) groups is 1. The van der Waals surface area contributed by atoms with Gasteiger partial charge in [-0.15, -0.1) is 0 Å². The fraction of sp³-hybridized carbons (Fsp3) is 0.158. The van der Waals surface area contributed by atoms with Crippen LogP contribution in [0.1, 0.15) is 16.8 Å². The fourth-order valence-electron chi connectivity index (χ4n) is 2.62. The largest absolute Gasteiger partial charge is 0.325 e. The van der Waals surface area contributed by atoms with Crippen molar-refractivity contribution in [1.82, 2.24) is 9.88 Å². The Kier molecular flexibility index (Phi) is 5.18. The van der Waals surface area contributed by atoms with E-state index in [0.29, 0.717) is 11.4 Å². The Balaban J connectivity index is 1.69. The number of hydrogen-bond donors (Lipinski definition) is 1. The summed E-state index contributed by atoms with van der Waals surface area (Å²) >= 11 is 0.808. The van der Waals surface area contributed by atoms with Gasteiger partial charge >= 0.3 is 0 Å². The molecule has 0 atom stereocenters. The molecule has 0 spiro atoms. The predicted octanol–water partition coefficient (Wildman–Crippen LogP) is 3.37. The molecular formula is C19H17N3O3S. The van der Waals surface area contributed by atoms with Crippen LogP contribution in [0, 0.1) is 13.8 Å². The van der Waals surface area contributed by atoms with Crippen LogP contribution in [-0.2, 0) is 9.59 Å². The normalized spacial score (nSPS) is 15.6. The molecule has 132 valence electrons. The lowest BCUT2D eigenvalue weighted by Crippen LogP contribution is -2.36. The molecule has 1 aliphatic rings. The minimum Gasteiger partial charge on any atom is -0.325 e. The Morgan fingerprint density at radius 3 is 2.58 bits per heavy atom. The highest BCUT2D eigenvalue weighted by atomic mass is 32.2. The second kappa shape index (κ2) is 7.53. The minimum atomic E-state index is -0.485. The summed E-state index contributed by atoms with van der Waals surface area (Å²) in [5, 5.41) is 2.26. The van der Waals surface area contributed by atoms with Crippen molar-refractivity contribution < 1.29 is 14.4 Å². The number of carbonyl (C=O) groups excluding carboxylic acids is 3. The van der Waals surface area contributed by atoms with Crippen LogP contribution in [0.25, 0.3) is 6.08 Å². The Morgan fingerprint density at radius 1 is 1.19 bits per heavy atom. The Morgan fingerprint density at radius 2 is 1.92 bits per heavy atom. The van der Waals surface area contributed by atoms with Gasteiger partial charge in [0.2, 0.25) is 5.91 Å². The van der Waals surface area contributed by atoms with Crippen LogP contribution in [0.5, 0.6) is 0 Å². The van der Waals surface area contributed by atoms with Crippen molar-refractivity contribution in [3.05, 3.63) is 64.3 Å². The number of nitrogens with one attached hydrogen (secondary N) is 1. The van der Waals surface area contributed by atoms with Gasteiger partial charge in [-0.1, -0.05) is 12.1 Å². The van der Waals surface area contributed by atoms with Crippen molar-refractivity contribution in [3.8, 4) is 0 Å². The van der Waals surface area contributed by atoms with Crippen LogP contribution in [0.15, 0.2) is 47.5 Å². The van der Waals surface area contributed by atoms with Crippen molar-refractivity contribution in [2.45, 2.75) is 13.8 Å². The van der Waals surface area contributed by atoms with Gasteiger partial charge in [0, 0.05) is 11.9 Å². The second-order valence-corrected chi connectivity index (χ2v) is 6.94. The van der Waals surface area contributed by atoms with Crippen molar-refractivity contribution in [2.24, 2.45) is 0 Å². The maximum atomic E-state index is 12.4. The SMILES string of the molecule is Cc1cc(C)cc(NC(=O)CN2C(=O)S/C(=C\c3ccccn3)C2=O)c1. The summed E-state index contributed by atoms with van der Waals surface area (Å²) in [5.41, 5.74) is 3.26. The van der Waals surface area contributed by atoms with E-state index in [1.807, 2.05) is 32.0 Å². The van der Waals surface area contributed by atoms with Gasteiger partial charge in [-0.3, -0.25) is 24.3 Å². The van der Waals surface area contributed by atoms with Crippen molar-refractivity contribution in [1.29, 1.82) is 0 Å². The first-order chi connectivity index (χ1) is 12.4. The number of hydrogen-bond acceptors (Lipinski definition) is 5. The molecule has 7 heteroatoms. The Bertz CT molecular complexity index is 889. The number of pyridine rings is 1. The third kappa shape index (κ3) is 4.18. The summed E-state index contributed by atoms with van der Waals surface area (Å²) in [7, 11) is 0. The molecule has 1 N–H and O–H groups in total. The zero-order valence-electron chi connectivity index (χ0n) is 14.4. The van der Waals surface area contributed by atoms with E-state index in [2.05, 4.69) is 10.3 Å². The number of anilines is 1. The van der Waals surface area contributed by atoms with Gasteiger partial charge in [0.05, 0.1) is 10.6 Å². The van der Waals surface area contributed by atoms with Gasteiger partial charge < -0.3 is 5.32 Å². The molecule has 1 fully saturated rings. The number of amides is 3. The van der Waals surface area contributed by atoms with E-state index in [0.717, 1.165) is 27.8 Å². The molecule has 0 unspecified atom stereocenters. The number of nitrogens with zero attached hydrogens (tertiary/aromatic N) is 2. The molecule has 0 radical (unpaired) electrons. The second-order valence-electron chi connectivity index (χ2n) is 5.95. The van der Waals surface area contributed by atoms with Crippen molar-refractivity contribution in [2.75, 3.05) is 11.9 Å². The third-order valence-electron chi connectivity index (χ3n) is 3.65. The maximum Gasteiger partial charge on any atom is 0.294 e. The van der Waals surface area contributed by atoms with E-state index in [1.54, 1.807) is 30.5 Å². The quantitative estimate of drug-likeness (QED) is 0.838. The molecule has 1 aromatic heterocycles. The average molecular weight is 367 g/mol. The molecule has 3 amide bonds. The number of imide groups is 1. The fourth-order valence-corrected chi connectivity index (χ4v) is 3.45. The summed E-state index contributed by atoms with van der Waals surface area (Å²) in [5.74, 6) is -0.905. The van der Waals surface area contributed by atoms with E-state index >= 15 is 0 Å². The van der Waals surface area contributed by atoms with Gasteiger partial charge in [0.25, 0.3) is 11.1 Å². The first-order valence-corrected chi connectivity index (χ1v) is 8.78. The topological polar surface area (TPSA) is 79.4 Å². The smallest absolute Gasteiger partial charge is 0.294 e. The van der Waals surface area contributed by atoms with Gasteiger partial charge in [0.1, 0.15) is 6.54 Å². The molecule has 1 aromatic carbocycles. The summed E-state index contributed by atoms with van der Waals surface area (Å²) in [4.78, 5) is 42.1. The molecular weight excluding hydrogens is 350 g/mol. The summed E-state index contributed by atoms with van der Waals surface area (Å²) in [6.45, 7) is 3.54. The highest BCUT2D eigenvalue weighted by Gasteiger charge is 2.36. The highest BCUT2D eigenvalue weighted by molar-refractivity contribution is 8.18. The zero-order chi connectivity index (χ0) is 18.7. The van der Waals surface area contributed by atoms with Crippen molar-refractivity contribution in [3.63, 3.8) is 0 Å². The van der Waals surface area contributed by atoms with E-state index < -0.39 is 17.1 Å². The molecule has 2 aromatic rings. The average Bonchev–Trinajstić information content (AvgIpc) is 2.82. The summed E-state index contributed by atoms with van der Waals surface area (Å²) < 4.78 is 0. The standard InChI is InChI=1S/C19H17N3O3S/c1-12-7-13(2)9-15(8-12)21-17(23)11-22-18(24)16(26-19(22)25)10-14-5-3-4-6-20-14/h3-10H,11H2,1-2H3,(H,21,23)/b16-10-. The van der Waals surface area contributed by atoms with Crippen LogP contribution in [0.3, 0.4) is 0 Å². The van der Waals surface area contributed by atoms with Gasteiger partial charge in [-0.05, 0) is 67.1 Å². The summed E-state index contributed by atoms with van der Waals surface area (Å²) in [6, 6.07) is 11.0. The molecule has 0 aliphatic carbocycles. The van der Waals surface area contributed by atoms with Crippen LogP contribution in [-0.4, -0.2) is 33.5 Å². The lowest BCUT2D eigenvalue weighted by Gasteiger charge is -2.13. The molecule has 1 aliphatic heterocycles. The molecule has 2 heterocycles. The van der Waals surface area contributed by atoms with E-state index in [-0.39, 0.29) is 11.4 Å². The minimum absolute atomic E-state index is 0.257. The molecule has 0 saturated carbocycles. The number of aryl methyl sites for hydroxylation is 2.